The van der Waals surface area contributed by atoms with Crippen molar-refractivity contribution < 1.29 is 17.0 Å². The summed E-state index contributed by atoms with van der Waals surface area (Å²) in [5.74, 6) is 0. The van der Waals surface area contributed by atoms with E-state index in [1.807, 2.05) is 24.3 Å². The minimum atomic E-state index is 0. The minimum Gasteiger partial charge on any atom is -1.00 e. The molecule has 0 N–H and O–H groups in total. The lowest BCUT2D eigenvalue weighted by Gasteiger charge is -2.05. The standard InChI is InChI=1S/C16H17N2.ClH/c1-12-8-13(2)18(14(3)9-12)11-16-6-4-15(10-17)5-7-16;/h4-9H,11H2,1-3H3;1H/q+1;/p-1. The monoisotopic (exact) mass is 272 g/mol. The van der Waals surface area contributed by atoms with Crippen molar-refractivity contribution >= 4 is 0 Å². The maximum atomic E-state index is 8.78. The predicted molar refractivity (Wildman–Crippen MR) is 71.1 cm³/mol. The van der Waals surface area contributed by atoms with Crippen molar-refractivity contribution in [3.05, 3.63) is 64.5 Å². The van der Waals surface area contributed by atoms with Gasteiger partial charge in [0.25, 0.3) is 0 Å². The van der Waals surface area contributed by atoms with Gasteiger partial charge in [-0.2, -0.15) is 9.83 Å². The van der Waals surface area contributed by atoms with Crippen molar-refractivity contribution in [1.29, 1.82) is 5.26 Å². The molecule has 0 bridgehead atoms. The van der Waals surface area contributed by atoms with Crippen LogP contribution in [-0.2, 0) is 6.54 Å². The van der Waals surface area contributed by atoms with E-state index < -0.39 is 0 Å². The molecule has 2 rings (SSSR count). The Morgan fingerprint density at radius 3 is 2.00 bits per heavy atom. The molecule has 1 aromatic heterocycles. The fourth-order valence-electron chi connectivity index (χ4n) is 2.25. The number of nitrogens with zero attached hydrogens (tertiary/aromatic N) is 2. The summed E-state index contributed by atoms with van der Waals surface area (Å²) in [6, 6.07) is 14.3. The van der Waals surface area contributed by atoms with E-state index in [2.05, 4.69) is 43.5 Å². The third-order valence-corrected chi connectivity index (χ3v) is 3.15. The summed E-state index contributed by atoms with van der Waals surface area (Å²) in [4.78, 5) is 0. The van der Waals surface area contributed by atoms with E-state index in [9.17, 15) is 0 Å². The first-order valence-electron chi connectivity index (χ1n) is 6.07. The molecule has 0 fully saturated rings. The van der Waals surface area contributed by atoms with Crippen LogP contribution in [0.15, 0.2) is 36.4 Å². The van der Waals surface area contributed by atoms with Crippen molar-refractivity contribution in [2.24, 2.45) is 0 Å². The SMILES string of the molecule is Cc1cc(C)[n+](Cc2ccc(C#N)cc2)c(C)c1.[Cl-]. The number of aryl methyl sites for hydroxylation is 3. The van der Waals surface area contributed by atoms with Crippen molar-refractivity contribution in [2.75, 3.05) is 0 Å². The van der Waals surface area contributed by atoms with Gasteiger partial charge in [-0.05, 0) is 24.6 Å². The Hall–Kier alpha value is -1.85. The molecule has 1 aromatic carbocycles. The van der Waals surface area contributed by atoms with Crippen LogP contribution in [0.5, 0.6) is 0 Å². The van der Waals surface area contributed by atoms with E-state index in [0.717, 1.165) is 6.54 Å². The fraction of sp³-hybridized carbons (Fsp3) is 0.250. The molecule has 0 spiro atoms. The summed E-state index contributed by atoms with van der Waals surface area (Å²) in [5.41, 5.74) is 5.74. The molecule has 0 aliphatic heterocycles. The van der Waals surface area contributed by atoms with Gasteiger partial charge < -0.3 is 12.4 Å². The Morgan fingerprint density at radius 2 is 1.53 bits per heavy atom. The summed E-state index contributed by atoms with van der Waals surface area (Å²) >= 11 is 0. The van der Waals surface area contributed by atoms with Crippen LogP contribution in [0.1, 0.15) is 28.1 Å². The number of hydrogen-bond acceptors (Lipinski definition) is 1. The average Bonchev–Trinajstić information content (AvgIpc) is 2.34. The molecule has 0 unspecified atom stereocenters. The van der Waals surface area contributed by atoms with E-state index in [1.54, 1.807) is 0 Å². The maximum absolute atomic E-state index is 8.78. The van der Waals surface area contributed by atoms with E-state index in [1.165, 1.54) is 22.5 Å². The molecule has 0 saturated carbocycles. The second-order valence-corrected chi connectivity index (χ2v) is 4.71. The number of halogens is 1. The molecule has 0 saturated heterocycles. The largest absolute Gasteiger partial charge is 1.00 e. The number of hydrogen-bond donors (Lipinski definition) is 0. The number of aromatic nitrogens is 1. The molecule has 0 radical (unpaired) electrons. The first-order chi connectivity index (χ1) is 8.60. The molecule has 0 aliphatic carbocycles. The van der Waals surface area contributed by atoms with Gasteiger partial charge in [-0.1, -0.05) is 12.1 Å². The molecule has 0 amide bonds. The first kappa shape index (κ1) is 15.2. The van der Waals surface area contributed by atoms with Crippen LogP contribution in [0, 0.1) is 32.1 Å². The van der Waals surface area contributed by atoms with Gasteiger partial charge in [0.05, 0.1) is 11.6 Å². The molecule has 0 atom stereocenters. The van der Waals surface area contributed by atoms with E-state index >= 15 is 0 Å². The quantitative estimate of drug-likeness (QED) is 0.698. The zero-order valence-electron chi connectivity index (χ0n) is 11.4. The van der Waals surface area contributed by atoms with Crippen LogP contribution >= 0.6 is 0 Å². The Morgan fingerprint density at radius 1 is 1.00 bits per heavy atom. The van der Waals surface area contributed by atoms with Crippen molar-refractivity contribution in [3.8, 4) is 6.07 Å². The highest BCUT2D eigenvalue weighted by Gasteiger charge is 2.12. The van der Waals surface area contributed by atoms with Gasteiger partial charge in [-0.3, -0.25) is 0 Å². The number of rotatable bonds is 2. The lowest BCUT2D eigenvalue weighted by Crippen LogP contribution is -3.00. The second-order valence-electron chi connectivity index (χ2n) is 4.71. The molecule has 1 heterocycles. The van der Waals surface area contributed by atoms with Crippen molar-refractivity contribution in [3.63, 3.8) is 0 Å². The van der Waals surface area contributed by atoms with Crippen molar-refractivity contribution in [1.82, 2.24) is 0 Å². The second kappa shape index (κ2) is 6.36. The maximum Gasteiger partial charge on any atom is 0.179 e. The van der Waals surface area contributed by atoms with Gasteiger partial charge in [-0.15, -0.1) is 0 Å². The van der Waals surface area contributed by atoms with E-state index in [-0.39, 0.29) is 12.4 Å². The Kier molecular flexibility index (Phi) is 5.09. The number of nitriles is 1. The molecule has 2 nitrogen and oxygen atoms in total. The summed E-state index contributed by atoms with van der Waals surface area (Å²) in [7, 11) is 0. The minimum absolute atomic E-state index is 0. The van der Waals surface area contributed by atoms with Crippen LogP contribution in [0.4, 0.5) is 0 Å². The first-order valence-corrected chi connectivity index (χ1v) is 6.07. The Balaban J connectivity index is 0.00000180. The van der Waals surface area contributed by atoms with Crippen LogP contribution < -0.4 is 17.0 Å². The lowest BCUT2D eigenvalue weighted by molar-refractivity contribution is -0.700. The van der Waals surface area contributed by atoms with Gasteiger partial charge in [0.15, 0.2) is 17.9 Å². The van der Waals surface area contributed by atoms with Crippen molar-refractivity contribution in [2.45, 2.75) is 27.3 Å². The van der Waals surface area contributed by atoms with E-state index in [4.69, 9.17) is 5.26 Å². The highest BCUT2D eigenvalue weighted by Crippen LogP contribution is 2.06. The summed E-state index contributed by atoms with van der Waals surface area (Å²) in [5, 5.41) is 8.78. The van der Waals surface area contributed by atoms with Crippen LogP contribution in [0.2, 0.25) is 0 Å². The highest BCUT2D eigenvalue weighted by molar-refractivity contribution is 5.31. The molecule has 2 aromatic rings. The Labute approximate surface area is 120 Å². The number of benzene rings is 1. The molecule has 19 heavy (non-hydrogen) atoms. The third kappa shape index (κ3) is 3.56. The zero-order chi connectivity index (χ0) is 13.1. The topological polar surface area (TPSA) is 27.7 Å². The molecule has 98 valence electrons. The average molecular weight is 273 g/mol. The highest BCUT2D eigenvalue weighted by atomic mass is 35.5. The number of pyridine rings is 1. The molecular weight excluding hydrogens is 256 g/mol. The van der Waals surface area contributed by atoms with Gasteiger partial charge in [0.1, 0.15) is 0 Å². The molecule has 0 aliphatic rings. The van der Waals surface area contributed by atoms with Gasteiger partial charge in [0.2, 0.25) is 0 Å². The summed E-state index contributed by atoms with van der Waals surface area (Å²) in [6.07, 6.45) is 0. The van der Waals surface area contributed by atoms with Crippen LogP contribution in [0.25, 0.3) is 0 Å². The van der Waals surface area contributed by atoms with E-state index in [0.29, 0.717) is 5.56 Å². The fourth-order valence-corrected chi connectivity index (χ4v) is 2.25. The van der Waals surface area contributed by atoms with Gasteiger partial charge in [-0.25, -0.2) is 0 Å². The third-order valence-electron chi connectivity index (χ3n) is 3.15. The normalized spacial score (nSPS) is 9.58. The summed E-state index contributed by atoms with van der Waals surface area (Å²) in [6.45, 7) is 7.23. The molecule has 3 heteroatoms. The smallest absolute Gasteiger partial charge is 0.179 e. The summed E-state index contributed by atoms with van der Waals surface area (Å²) < 4.78 is 2.29. The van der Waals surface area contributed by atoms with Crippen LogP contribution in [-0.4, -0.2) is 0 Å². The van der Waals surface area contributed by atoms with Gasteiger partial charge >= 0.3 is 0 Å². The van der Waals surface area contributed by atoms with Crippen LogP contribution in [0.3, 0.4) is 0 Å². The predicted octanol–water partition coefficient (Wildman–Crippen LogP) is -0.177. The zero-order valence-corrected chi connectivity index (χ0v) is 12.2. The lowest BCUT2D eigenvalue weighted by atomic mass is 10.1. The van der Waals surface area contributed by atoms with Gasteiger partial charge in [0, 0.05) is 31.5 Å². The Bertz CT molecular complexity index is 587. The molecular formula is C16H17ClN2.